The fourth-order valence-electron chi connectivity index (χ4n) is 3.26. The molecule has 0 spiro atoms. The quantitative estimate of drug-likeness (QED) is 0.714. The van der Waals surface area contributed by atoms with Gasteiger partial charge in [0.05, 0.1) is 12.1 Å². The van der Waals surface area contributed by atoms with Crippen LogP contribution in [-0.4, -0.2) is 41.8 Å². The van der Waals surface area contributed by atoms with Crippen molar-refractivity contribution in [3.8, 4) is 0 Å². The van der Waals surface area contributed by atoms with Crippen LogP contribution in [-0.2, 0) is 6.18 Å². The second-order valence-electron chi connectivity index (χ2n) is 5.96. The average Bonchev–Trinajstić information content (AvgIpc) is 3.07. The van der Waals surface area contributed by atoms with E-state index in [2.05, 4.69) is 5.10 Å². The largest absolute Gasteiger partial charge is 0.419 e. The topological polar surface area (TPSA) is 35.9 Å². The molecule has 3 rings (SSSR count). The Labute approximate surface area is 136 Å². The maximum Gasteiger partial charge on any atom is 0.419 e. The van der Waals surface area contributed by atoms with Gasteiger partial charge in [0.25, 0.3) is 0 Å². The summed E-state index contributed by atoms with van der Waals surface area (Å²) in [6.07, 6.45) is -1.61. The number of amides is 2. The van der Waals surface area contributed by atoms with Crippen molar-refractivity contribution in [3.05, 3.63) is 35.1 Å². The monoisotopic (exact) mass is 343 g/mol. The minimum Gasteiger partial charge on any atom is -0.323 e. The number of hydrogen-bond acceptors (Lipinski definition) is 2. The van der Waals surface area contributed by atoms with Gasteiger partial charge in [0.1, 0.15) is 5.82 Å². The number of urea groups is 1. The molecule has 0 atom stereocenters. The van der Waals surface area contributed by atoms with E-state index in [1.807, 2.05) is 0 Å². The molecule has 0 radical (unpaired) electrons. The molecule has 8 heteroatoms. The van der Waals surface area contributed by atoms with Crippen molar-refractivity contribution in [2.24, 2.45) is 5.10 Å². The standard InChI is InChI=1S/C16H17F4N3O/c17-13-4-1-3-12(14(13)16(18,19)20)11-5-9-22(10-6-11)15(24)23-8-2-7-21-23/h1,3-4,7,11H,2,5-6,8-10H2. The number of carbonyl (C=O) groups excluding carboxylic acids is 1. The van der Waals surface area contributed by atoms with Gasteiger partial charge in [0, 0.05) is 25.7 Å². The van der Waals surface area contributed by atoms with E-state index in [-0.39, 0.29) is 11.6 Å². The lowest BCUT2D eigenvalue weighted by Crippen LogP contribution is -2.44. The Kier molecular flexibility index (Phi) is 4.47. The summed E-state index contributed by atoms with van der Waals surface area (Å²) >= 11 is 0. The van der Waals surface area contributed by atoms with Crippen LogP contribution in [0.25, 0.3) is 0 Å². The normalized spacial score (nSPS) is 19.2. The molecule has 0 unspecified atom stereocenters. The Morgan fingerprint density at radius 2 is 1.88 bits per heavy atom. The first kappa shape index (κ1) is 16.7. The molecular formula is C16H17F4N3O. The van der Waals surface area contributed by atoms with Gasteiger partial charge in [-0.1, -0.05) is 12.1 Å². The number of hydrogen-bond donors (Lipinski definition) is 0. The molecule has 2 aliphatic rings. The number of nitrogens with zero attached hydrogens (tertiary/aromatic N) is 3. The highest BCUT2D eigenvalue weighted by molar-refractivity contribution is 5.77. The van der Waals surface area contributed by atoms with Gasteiger partial charge in [-0.15, -0.1) is 0 Å². The van der Waals surface area contributed by atoms with Crippen LogP contribution >= 0.6 is 0 Å². The highest BCUT2D eigenvalue weighted by atomic mass is 19.4. The predicted molar refractivity (Wildman–Crippen MR) is 80.2 cm³/mol. The Morgan fingerprint density at radius 1 is 1.17 bits per heavy atom. The van der Waals surface area contributed by atoms with Gasteiger partial charge in [-0.3, -0.25) is 0 Å². The molecule has 1 saturated heterocycles. The van der Waals surface area contributed by atoms with Gasteiger partial charge < -0.3 is 4.90 Å². The zero-order chi connectivity index (χ0) is 17.3. The summed E-state index contributed by atoms with van der Waals surface area (Å²) in [6.45, 7) is 1.20. The Bertz CT molecular complexity index is 651. The van der Waals surface area contributed by atoms with Crippen molar-refractivity contribution in [1.82, 2.24) is 9.91 Å². The molecule has 0 N–H and O–H groups in total. The molecule has 1 fully saturated rings. The lowest BCUT2D eigenvalue weighted by molar-refractivity contribution is -0.140. The molecule has 0 bridgehead atoms. The average molecular weight is 343 g/mol. The molecule has 2 aliphatic heterocycles. The molecule has 1 aromatic carbocycles. The van der Waals surface area contributed by atoms with Crippen LogP contribution in [0.3, 0.4) is 0 Å². The number of carbonyl (C=O) groups is 1. The summed E-state index contributed by atoms with van der Waals surface area (Å²) in [4.78, 5) is 13.8. The van der Waals surface area contributed by atoms with E-state index in [0.717, 1.165) is 6.07 Å². The minimum atomic E-state index is -4.72. The Morgan fingerprint density at radius 3 is 2.46 bits per heavy atom. The van der Waals surface area contributed by atoms with Crippen LogP contribution in [0.5, 0.6) is 0 Å². The van der Waals surface area contributed by atoms with Gasteiger partial charge in [0.2, 0.25) is 0 Å². The van der Waals surface area contributed by atoms with Crippen LogP contribution in [0, 0.1) is 5.82 Å². The van der Waals surface area contributed by atoms with Crippen LogP contribution in [0.1, 0.15) is 36.3 Å². The number of alkyl halides is 3. The summed E-state index contributed by atoms with van der Waals surface area (Å²) < 4.78 is 53.1. The smallest absolute Gasteiger partial charge is 0.323 e. The lowest BCUT2D eigenvalue weighted by atomic mass is 9.86. The summed E-state index contributed by atoms with van der Waals surface area (Å²) in [5.74, 6) is -1.66. The molecular weight excluding hydrogens is 326 g/mol. The van der Waals surface area contributed by atoms with E-state index >= 15 is 0 Å². The third-order valence-electron chi connectivity index (χ3n) is 4.45. The molecule has 2 amide bonds. The Balaban J connectivity index is 1.72. The molecule has 2 heterocycles. The SMILES string of the molecule is O=C(N1CCC(c2cccc(F)c2C(F)(F)F)CC1)N1CCC=N1. The first-order chi connectivity index (χ1) is 11.4. The summed E-state index contributed by atoms with van der Waals surface area (Å²) in [5, 5.41) is 5.33. The van der Waals surface area contributed by atoms with Gasteiger partial charge in [-0.2, -0.15) is 18.3 Å². The number of piperidine rings is 1. The number of hydrazone groups is 1. The molecule has 1 aromatic rings. The minimum absolute atomic E-state index is 0.0196. The molecule has 0 saturated carbocycles. The van der Waals surface area contributed by atoms with E-state index in [1.54, 1.807) is 11.1 Å². The molecule has 24 heavy (non-hydrogen) atoms. The fourth-order valence-corrected chi connectivity index (χ4v) is 3.26. The van der Waals surface area contributed by atoms with Crippen molar-refractivity contribution in [1.29, 1.82) is 0 Å². The highest BCUT2D eigenvalue weighted by Crippen LogP contribution is 2.40. The van der Waals surface area contributed by atoms with E-state index < -0.39 is 23.5 Å². The first-order valence-electron chi connectivity index (χ1n) is 7.82. The van der Waals surface area contributed by atoms with Gasteiger partial charge in [-0.05, 0) is 30.4 Å². The second kappa shape index (κ2) is 6.41. The number of benzene rings is 1. The molecule has 4 nitrogen and oxygen atoms in total. The summed E-state index contributed by atoms with van der Waals surface area (Å²) in [6, 6.07) is 3.24. The number of rotatable bonds is 1. The lowest BCUT2D eigenvalue weighted by Gasteiger charge is -2.34. The summed E-state index contributed by atoms with van der Waals surface area (Å²) in [7, 11) is 0. The molecule has 0 aliphatic carbocycles. The molecule has 130 valence electrons. The van der Waals surface area contributed by atoms with Crippen LogP contribution in [0.4, 0.5) is 22.4 Å². The van der Waals surface area contributed by atoms with Crippen molar-refractivity contribution in [2.75, 3.05) is 19.6 Å². The second-order valence-corrected chi connectivity index (χ2v) is 5.96. The van der Waals surface area contributed by atoms with Crippen molar-refractivity contribution >= 4 is 12.2 Å². The first-order valence-corrected chi connectivity index (χ1v) is 7.82. The third-order valence-corrected chi connectivity index (χ3v) is 4.45. The van der Waals surface area contributed by atoms with Crippen LogP contribution in [0.15, 0.2) is 23.3 Å². The van der Waals surface area contributed by atoms with Gasteiger partial charge >= 0.3 is 12.2 Å². The van der Waals surface area contributed by atoms with Gasteiger partial charge in [-0.25, -0.2) is 14.2 Å². The van der Waals surface area contributed by atoms with Crippen LogP contribution in [0.2, 0.25) is 0 Å². The van der Waals surface area contributed by atoms with Crippen LogP contribution < -0.4 is 0 Å². The molecule has 0 aromatic heterocycles. The van der Waals surface area contributed by atoms with E-state index in [4.69, 9.17) is 0 Å². The summed E-state index contributed by atoms with van der Waals surface area (Å²) in [5.41, 5.74) is -1.20. The number of halogens is 4. The maximum absolute atomic E-state index is 13.7. The zero-order valence-electron chi connectivity index (χ0n) is 12.9. The van der Waals surface area contributed by atoms with E-state index in [1.165, 1.54) is 17.1 Å². The third kappa shape index (κ3) is 3.22. The van der Waals surface area contributed by atoms with E-state index in [0.29, 0.717) is 38.9 Å². The maximum atomic E-state index is 13.7. The fraction of sp³-hybridized carbons (Fsp3) is 0.500. The van der Waals surface area contributed by atoms with Crippen molar-refractivity contribution in [3.63, 3.8) is 0 Å². The van der Waals surface area contributed by atoms with Gasteiger partial charge in [0.15, 0.2) is 0 Å². The zero-order valence-corrected chi connectivity index (χ0v) is 12.9. The van der Waals surface area contributed by atoms with E-state index in [9.17, 15) is 22.4 Å². The number of likely N-dealkylation sites (tertiary alicyclic amines) is 1. The Hall–Kier alpha value is -2.12. The van der Waals surface area contributed by atoms with Crippen molar-refractivity contribution < 1.29 is 22.4 Å². The van der Waals surface area contributed by atoms with Crippen molar-refractivity contribution in [2.45, 2.75) is 31.4 Å². The highest BCUT2D eigenvalue weighted by Gasteiger charge is 2.39. The predicted octanol–water partition coefficient (Wildman–Crippen LogP) is 3.84.